The molecule has 0 atom stereocenters. The van der Waals surface area contributed by atoms with Gasteiger partial charge < -0.3 is 23.7 Å². The van der Waals surface area contributed by atoms with Gasteiger partial charge in [-0.2, -0.15) is 0 Å². The van der Waals surface area contributed by atoms with Gasteiger partial charge in [-0.15, -0.1) is 0 Å². The Labute approximate surface area is 188 Å². The van der Waals surface area contributed by atoms with E-state index in [1.165, 1.54) is 6.42 Å². The second-order valence-corrected chi connectivity index (χ2v) is 9.05. The highest BCUT2D eigenvalue weighted by Gasteiger charge is 2.38. The van der Waals surface area contributed by atoms with E-state index in [2.05, 4.69) is 0 Å². The van der Waals surface area contributed by atoms with Crippen molar-refractivity contribution >= 4 is 11.8 Å². The first-order chi connectivity index (χ1) is 15.7. The minimum Gasteiger partial charge on any atom is -0.467 e. The van der Waals surface area contributed by atoms with E-state index in [0.29, 0.717) is 18.8 Å². The van der Waals surface area contributed by atoms with Crippen molar-refractivity contribution in [1.29, 1.82) is 0 Å². The van der Waals surface area contributed by atoms with Crippen LogP contribution in [-0.4, -0.2) is 41.0 Å². The minimum absolute atomic E-state index is 0.0601. The Morgan fingerprint density at radius 1 is 0.938 bits per heavy atom. The molecule has 1 aliphatic heterocycles. The second kappa shape index (κ2) is 9.27. The zero-order valence-corrected chi connectivity index (χ0v) is 18.3. The number of benzene rings is 1. The predicted molar refractivity (Wildman–Crippen MR) is 117 cm³/mol. The van der Waals surface area contributed by atoms with Gasteiger partial charge in [-0.05, 0) is 55.5 Å². The van der Waals surface area contributed by atoms with Crippen LogP contribution < -0.4 is 9.47 Å². The first-order valence-corrected chi connectivity index (χ1v) is 11.7. The molecule has 0 saturated heterocycles. The maximum absolute atomic E-state index is 13.5. The molecule has 2 aliphatic carbocycles. The molecule has 0 unspecified atom stereocenters. The number of fused-ring (bicyclic) bond motifs is 1. The average molecular weight is 439 g/mol. The molecule has 2 amide bonds. The predicted octanol–water partition coefficient (Wildman–Crippen LogP) is 4.11. The summed E-state index contributed by atoms with van der Waals surface area (Å²) in [6, 6.07) is 9.63. The molecule has 0 spiro atoms. The Kier molecular flexibility index (Phi) is 6.06. The molecule has 2 fully saturated rings. The van der Waals surface area contributed by atoms with Gasteiger partial charge in [-0.25, -0.2) is 0 Å². The van der Waals surface area contributed by atoms with Gasteiger partial charge in [0.1, 0.15) is 12.3 Å². The van der Waals surface area contributed by atoms with Gasteiger partial charge in [0.15, 0.2) is 11.5 Å². The van der Waals surface area contributed by atoms with Crippen LogP contribution in [0.1, 0.15) is 56.3 Å². The number of hydrogen-bond acceptors (Lipinski definition) is 5. The molecule has 0 N–H and O–H groups in total. The molecule has 170 valence electrons. The maximum Gasteiger partial charge on any atom is 0.242 e. The summed E-state index contributed by atoms with van der Waals surface area (Å²) in [5.74, 6) is 2.31. The van der Waals surface area contributed by atoms with Crippen LogP contribution in [0.25, 0.3) is 0 Å². The van der Waals surface area contributed by atoms with Gasteiger partial charge in [0, 0.05) is 18.5 Å². The molecule has 1 aromatic carbocycles. The molecule has 3 aliphatic rings. The fraction of sp³-hybridized carbons (Fsp3) is 0.520. The summed E-state index contributed by atoms with van der Waals surface area (Å²) in [4.78, 5) is 30.3. The minimum atomic E-state index is -0.0601. The number of hydrogen-bond donors (Lipinski definition) is 0. The Bertz CT molecular complexity index is 947. The van der Waals surface area contributed by atoms with Gasteiger partial charge >= 0.3 is 0 Å². The largest absolute Gasteiger partial charge is 0.467 e. The normalized spacial score (nSPS) is 17.9. The first kappa shape index (κ1) is 20.9. The van der Waals surface area contributed by atoms with E-state index in [1.54, 1.807) is 11.2 Å². The van der Waals surface area contributed by atoms with Crippen LogP contribution in [0.3, 0.4) is 0 Å². The van der Waals surface area contributed by atoms with Crippen molar-refractivity contribution in [3.63, 3.8) is 0 Å². The summed E-state index contributed by atoms with van der Waals surface area (Å²) in [7, 11) is 0. The lowest BCUT2D eigenvalue weighted by atomic mass is 9.88. The van der Waals surface area contributed by atoms with Crippen LogP contribution in [0, 0.1) is 5.92 Å². The molecule has 1 aromatic heterocycles. The van der Waals surface area contributed by atoms with Crippen molar-refractivity contribution in [2.75, 3.05) is 13.3 Å². The lowest BCUT2D eigenvalue weighted by Crippen LogP contribution is -2.46. The van der Waals surface area contributed by atoms with Gasteiger partial charge in [0.25, 0.3) is 0 Å². The van der Waals surface area contributed by atoms with E-state index < -0.39 is 0 Å². The van der Waals surface area contributed by atoms with E-state index in [1.807, 2.05) is 35.2 Å². The van der Waals surface area contributed by atoms with Gasteiger partial charge in [0.2, 0.25) is 18.6 Å². The molecule has 0 bridgehead atoms. The van der Waals surface area contributed by atoms with Crippen molar-refractivity contribution in [2.45, 2.75) is 64.1 Å². The molecule has 7 nitrogen and oxygen atoms in total. The highest BCUT2D eigenvalue weighted by atomic mass is 16.7. The third kappa shape index (κ3) is 4.76. The van der Waals surface area contributed by atoms with Crippen LogP contribution in [0.5, 0.6) is 11.5 Å². The number of ether oxygens (including phenoxy) is 2. The van der Waals surface area contributed by atoms with E-state index in [4.69, 9.17) is 13.9 Å². The van der Waals surface area contributed by atoms with E-state index >= 15 is 0 Å². The van der Waals surface area contributed by atoms with Gasteiger partial charge in [-0.3, -0.25) is 9.59 Å². The number of rotatable bonds is 8. The molecule has 32 heavy (non-hydrogen) atoms. The standard InChI is InChI=1S/C25H30N2O5/c28-24(16-27(20-9-10-20)25(29)19-5-2-1-3-6-19)26(15-21-7-4-12-30-21)14-18-8-11-22-23(13-18)32-17-31-22/h4,7-8,11-13,19-20H,1-3,5-6,9-10,14-17H2. The van der Waals surface area contributed by atoms with Crippen molar-refractivity contribution in [3.05, 3.63) is 47.9 Å². The molecule has 5 rings (SSSR count). The second-order valence-electron chi connectivity index (χ2n) is 9.05. The third-order valence-electron chi connectivity index (χ3n) is 6.62. The SMILES string of the molecule is O=C(CN(C(=O)C1CCCCC1)C1CC1)N(Cc1ccc2c(c1)OCO2)Cc1ccco1. The molecule has 0 radical (unpaired) electrons. The van der Waals surface area contributed by atoms with Crippen LogP contribution in [-0.2, 0) is 22.7 Å². The van der Waals surface area contributed by atoms with Crippen LogP contribution in [0.4, 0.5) is 0 Å². The number of nitrogens with zero attached hydrogens (tertiary/aromatic N) is 2. The summed E-state index contributed by atoms with van der Waals surface area (Å²) < 4.78 is 16.4. The van der Waals surface area contributed by atoms with Crippen molar-refractivity contribution in [1.82, 2.24) is 9.80 Å². The molecular formula is C25H30N2O5. The van der Waals surface area contributed by atoms with Crippen LogP contribution in [0.15, 0.2) is 41.0 Å². The van der Waals surface area contributed by atoms with Crippen LogP contribution in [0.2, 0.25) is 0 Å². The monoisotopic (exact) mass is 438 g/mol. The summed E-state index contributed by atoms with van der Waals surface area (Å²) in [6.07, 6.45) is 8.92. The topological polar surface area (TPSA) is 72.2 Å². The van der Waals surface area contributed by atoms with Crippen molar-refractivity contribution in [3.8, 4) is 11.5 Å². The van der Waals surface area contributed by atoms with E-state index in [0.717, 1.165) is 55.6 Å². The molecular weight excluding hydrogens is 408 g/mol. The van der Waals surface area contributed by atoms with Crippen LogP contribution >= 0.6 is 0 Å². The van der Waals surface area contributed by atoms with Gasteiger partial charge in [-0.1, -0.05) is 25.3 Å². The summed E-state index contributed by atoms with van der Waals surface area (Å²) in [5, 5.41) is 0. The highest BCUT2D eigenvalue weighted by Crippen LogP contribution is 2.34. The molecule has 2 saturated carbocycles. The van der Waals surface area contributed by atoms with E-state index in [-0.39, 0.29) is 37.1 Å². The number of carbonyl (C=O) groups is 2. The van der Waals surface area contributed by atoms with E-state index in [9.17, 15) is 9.59 Å². The molecule has 2 heterocycles. The third-order valence-corrected chi connectivity index (χ3v) is 6.62. The zero-order chi connectivity index (χ0) is 21.9. The quantitative estimate of drug-likeness (QED) is 0.620. The fourth-order valence-electron chi connectivity index (χ4n) is 4.69. The zero-order valence-electron chi connectivity index (χ0n) is 18.3. The Hall–Kier alpha value is -2.96. The summed E-state index contributed by atoms with van der Waals surface area (Å²) in [6.45, 7) is 1.11. The summed E-state index contributed by atoms with van der Waals surface area (Å²) >= 11 is 0. The number of carbonyl (C=O) groups excluding carboxylic acids is 2. The van der Waals surface area contributed by atoms with Gasteiger partial charge in [0.05, 0.1) is 12.8 Å². The molecule has 7 heteroatoms. The number of furan rings is 1. The highest BCUT2D eigenvalue weighted by molar-refractivity contribution is 5.86. The average Bonchev–Trinajstić information content (AvgIpc) is 3.32. The smallest absolute Gasteiger partial charge is 0.242 e. The Balaban J connectivity index is 1.31. The van der Waals surface area contributed by atoms with Crippen molar-refractivity contribution in [2.24, 2.45) is 5.92 Å². The fourth-order valence-corrected chi connectivity index (χ4v) is 4.69. The number of amides is 2. The lowest BCUT2D eigenvalue weighted by molar-refractivity contribution is -0.144. The summed E-state index contributed by atoms with van der Waals surface area (Å²) in [5.41, 5.74) is 0.950. The molecule has 2 aromatic rings. The van der Waals surface area contributed by atoms with Crippen molar-refractivity contribution < 1.29 is 23.5 Å². The lowest BCUT2D eigenvalue weighted by Gasteiger charge is -2.31. The Morgan fingerprint density at radius 3 is 2.50 bits per heavy atom. The first-order valence-electron chi connectivity index (χ1n) is 11.7. The Morgan fingerprint density at radius 2 is 1.75 bits per heavy atom. The maximum atomic E-state index is 13.5.